The van der Waals surface area contributed by atoms with Gasteiger partial charge in [-0.3, -0.25) is 0 Å². The second-order valence-electron chi connectivity index (χ2n) is 12.3. The smallest absolute Gasteiger partial charge is 0.407 e. The van der Waals surface area contributed by atoms with Crippen molar-refractivity contribution in [1.82, 2.24) is 5.32 Å². The first-order valence-electron chi connectivity index (χ1n) is 15.3. The summed E-state index contributed by atoms with van der Waals surface area (Å²) in [6.45, 7) is 13.0. The summed E-state index contributed by atoms with van der Waals surface area (Å²) in [7, 11) is 1.98. The number of carbonyl (C=O) groups is 2. The molecule has 9 nitrogen and oxygen atoms in total. The van der Waals surface area contributed by atoms with Crippen LogP contribution in [0, 0.1) is 11.3 Å². The molecule has 1 aliphatic rings. The Hall–Kier alpha value is -2.62. The van der Waals surface area contributed by atoms with Crippen LogP contribution < -0.4 is 10.2 Å². The Morgan fingerprint density at radius 1 is 1.00 bits per heavy atom. The molecule has 1 amide bonds. The molecule has 1 N–H and O–H groups in total. The quantitative estimate of drug-likeness (QED) is 0.0572. The Morgan fingerprint density at radius 2 is 1.67 bits per heavy atom. The number of carbonyl (C=O) groups excluding carboxylic acids is 2. The number of esters is 1. The number of alkyl carbamates (subject to hydrolysis) is 1. The summed E-state index contributed by atoms with van der Waals surface area (Å²) in [6.07, 6.45) is 5.49. The van der Waals surface area contributed by atoms with E-state index in [0.29, 0.717) is 38.8 Å². The van der Waals surface area contributed by atoms with E-state index in [-0.39, 0.29) is 17.6 Å². The highest BCUT2D eigenvalue weighted by molar-refractivity contribution is 7.25. The van der Waals surface area contributed by atoms with E-state index in [9.17, 15) is 14.9 Å². The average Bonchev–Trinajstić information content (AvgIpc) is 3.65. The first kappa shape index (κ1) is 36.8. The van der Waals surface area contributed by atoms with E-state index in [2.05, 4.69) is 36.2 Å². The van der Waals surface area contributed by atoms with Crippen molar-refractivity contribution in [3.8, 4) is 15.8 Å². The lowest BCUT2D eigenvalue weighted by molar-refractivity contribution is -0.149. The summed E-state index contributed by atoms with van der Waals surface area (Å²) in [5, 5.41) is 13.4. The number of nitrogens with one attached hydrogen (secondary N) is 1. The number of fused-ring (bicyclic) bond motifs is 3. The fraction of sp³-hybridized carbons (Fsp3) is 0.606. The van der Waals surface area contributed by atoms with Gasteiger partial charge in [0.1, 0.15) is 23.9 Å². The monoisotopic (exact) mass is 679 g/mol. The summed E-state index contributed by atoms with van der Waals surface area (Å²) in [6, 6.07) is 6.26. The third-order valence-corrected chi connectivity index (χ3v) is 9.91. The predicted molar refractivity (Wildman–Crippen MR) is 183 cm³/mol. The van der Waals surface area contributed by atoms with Gasteiger partial charge in [0.25, 0.3) is 0 Å². The number of thiophene rings is 2. The van der Waals surface area contributed by atoms with Gasteiger partial charge in [-0.25, -0.2) is 9.59 Å². The van der Waals surface area contributed by atoms with Crippen molar-refractivity contribution < 1.29 is 28.5 Å². The minimum Gasteiger partial charge on any atom is -0.456 e. The van der Waals surface area contributed by atoms with Crippen molar-refractivity contribution in [2.24, 2.45) is 0 Å². The minimum atomic E-state index is -0.676. The van der Waals surface area contributed by atoms with Gasteiger partial charge in [-0.1, -0.05) is 26.7 Å². The van der Waals surface area contributed by atoms with E-state index in [1.54, 1.807) is 49.5 Å². The van der Waals surface area contributed by atoms with Crippen molar-refractivity contribution in [3.05, 3.63) is 33.7 Å². The molecule has 2 aromatic rings. The van der Waals surface area contributed by atoms with E-state index in [1.165, 1.54) is 16.0 Å². The molecule has 0 saturated carbocycles. The molecule has 0 saturated heterocycles. The molecular formula is C33H46ClN3O6S2. The molecule has 248 valence electrons. The minimum absolute atomic E-state index is 0.0173. The number of nitrogens with zero attached hydrogens (tertiary/aromatic N) is 2. The third-order valence-electron chi connectivity index (χ3n) is 7.15. The molecule has 0 bridgehead atoms. The maximum absolute atomic E-state index is 12.5. The number of halogens is 1. The zero-order chi connectivity index (χ0) is 33.0. The molecule has 2 heterocycles. The number of hydrogen-bond donors (Lipinski definition) is 1. The molecule has 1 aliphatic carbocycles. The normalized spacial score (nSPS) is 13.6. The number of ether oxygens (including phenoxy) is 4. The van der Waals surface area contributed by atoms with Crippen LogP contribution in [0.5, 0.6) is 0 Å². The van der Waals surface area contributed by atoms with Gasteiger partial charge < -0.3 is 29.2 Å². The highest BCUT2D eigenvalue weighted by Crippen LogP contribution is 2.57. The Balaban J connectivity index is 1.43. The molecule has 2 aromatic heterocycles. The van der Waals surface area contributed by atoms with Gasteiger partial charge in [0.05, 0.1) is 36.2 Å². The first-order valence-corrected chi connectivity index (χ1v) is 17.5. The summed E-state index contributed by atoms with van der Waals surface area (Å²) in [5.74, 6) is 0.0957. The van der Waals surface area contributed by atoms with Crippen molar-refractivity contribution in [2.75, 3.05) is 64.0 Å². The lowest BCUT2D eigenvalue weighted by Gasteiger charge is -2.20. The largest absolute Gasteiger partial charge is 0.456 e. The number of unbranched alkanes of at least 4 members (excludes halogenated alkanes) is 3. The van der Waals surface area contributed by atoms with Crippen LogP contribution in [0.1, 0.15) is 76.3 Å². The van der Waals surface area contributed by atoms with E-state index in [4.69, 9.17) is 30.5 Å². The second kappa shape index (κ2) is 17.3. The molecule has 0 atom stereocenters. The lowest BCUT2D eigenvalue weighted by Crippen LogP contribution is -2.31. The van der Waals surface area contributed by atoms with Crippen LogP contribution in [0.2, 0.25) is 0 Å². The molecule has 3 rings (SSSR count). The predicted octanol–water partition coefficient (Wildman–Crippen LogP) is 7.36. The second-order valence-corrected chi connectivity index (χ2v) is 14.8. The average molecular weight is 680 g/mol. The fourth-order valence-electron chi connectivity index (χ4n) is 4.71. The maximum atomic E-state index is 12.5. The van der Waals surface area contributed by atoms with Crippen molar-refractivity contribution in [1.29, 1.82) is 5.26 Å². The summed E-state index contributed by atoms with van der Waals surface area (Å²) < 4.78 is 21.8. The molecule has 0 spiro atoms. The number of alkyl halides is 1. The number of nitriles is 1. The lowest BCUT2D eigenvalue weighted by atomic mass is 9.84. The van der Waals surface area contributed by atoms with Crippen LogP contribution in [-0.2, 0) is 29.2 Å². The molecule has 0 radical (unpaired) electrons. The number of likely N-dealkylation sites (N-methyl/N-ethyl adjacent to an activating group) is 1. The Kier molecular flexibility index (Phi) is 14.2. The highest BCUT2D eigenvalue weighted by Gasteiger charge is 2.39. The number of anilines is 1. The van der Waals surface area contributed by atoms with E-state index < -0.39 is 17.7 Å². The third kappa shape index (κ3) is 11.0. The van der Waals surface area contributed by atoms with Crippen molar-refractivity contribution in [3.63, 3.8) is 0 Å². The topological polar surface area (TPSA) is 110 Å². The Labute approximate surface area is 280 Å². The SMILES string of the molecule is CN(CCOC(=O)NCCOCCOCCCCCCCl)c1cc2c(s1)-c1sc(/C=C(\C#N)C(=O)OC(C)(C)C)cc1C2(C)C. The molecule has 45 heavy (non-hydrogen) atoms. The van der Waals surface area contributed by atoms with Crippen LogP contribution in [0.25, 0.3) is 15.8 Å². The van der Waals surface area contributed by atoms with E-state index in [0.717, 1.165) is 47.0 Å². The zero-order valence-electron chi connectivity index (χ0n) is 27.3. The highest BCUT2D eigenvalue weighted by atomic mass is 35.5. The molecule has 0 fully saturated rings. The van der Waals surface area contributed by atoms with Gasteiger partial charge >= 0.3 is 12.1 Å². The molecule has 12 heteroatoms. The summed E-state index contributed by atoms with van der Waals surface area (Å²) in [4.78, 5) is 29.8. The van der Waals surface area contributed by atoms with Crippen molar-refractivity contribution in [2.45, 2.75) is 71.3 Å². The maximum Gasteiger partial charge on any atom is 0.407 e. The van der Waals surface area contributed by atoms with Crippen molar-refractivity contribution >= 4 is 57.4 Å². The number of rotatable bonds is 18. The fourth-order valence-corrected chi connectivity index (χ4v) is 7.62. The van der Waals surface area contributed by atoms with E-state index >= 15 is 0 Å². The van der Waals surface area contributed by atoms with Crippen LogP contribution >= 0.6 is 34.3 Å². The van der Waals surface area contributed by atoms with Gasteiger partial charge in [-0.05, 0) is 62.9 Å². The van der Waals surface area contributed by atoms with Gasteiger partial charge in [0.2, 0.25) is 0 Å². The van der Waals surface area contributed by atoms with Crippen LogP contribution in [0.4, 0.5) is 9.80 Å². The molecule has 0 aromatic carbocycles. The van der Waals surface area contributed by atoms with E-state index in [1.807, 2.05) is 13.1 Å². The van der Waals surface area contributed by atoms with Crippen LogP contribution in [-0.4, -0.2) is 76.7 Å². The van der Waals surface area contributed by atoms with Crippen LogP contribution in [0.3, 0.4) is 0 Å². The molecule has 0 aliphatic heterocycles. The number of amides is 1. The Bertz CT molecular complexity index is 1360. The summed E-state index contributed by atoms with van der Waals surface area (Å²) >= 11 is 8.93. The summed E-state index contributed by atoms with van der Waals surface area (Å²) in [5.41, 5.74) is 1.50. The zero-order valence-corrected chi connectivity index (χ0v) is 29.6. The van der Waals surface area contributed by atoms with Gasteiger partial charge in [-0.15, -0.1) is 34.3 Å². The van der Waals surface area contributed by atoms with Gasteiger partial charge in [0, 0.05) is 41.2 Å². The standard InChI is InChI=1S/C33H46ClN3O6S2/c1-32(2,3)43-30(38)23(22-35)19-24-20-25-28(44-24)29-26(33(25,4)5)21-27(45-29)37(6)13-16-42-31(39)36-12-15-41-18-17-40-14-10-8-7-9-11-34/h19-21H,7-18H2,1-6H3,(H,36,39)/b23-19+. The number of hydrogen-bond acceptors (Lipinski definition) is 10. The Morgan fingerprint density at radius 3 is 2.36 bits per heavy atom. The van der Waals surface area contributed by atoms with Gasteiger partial charge in [-0.2, -0.15) is 5.26 Å². The molecular weight excluding hydrogens is 634 g/mol. The van der Waals surface area contributed by atoms with Gasteiger partial charge in [0.15, 0.2) is 0 Å². The van der Waals surface area contributed by atoms with Crippen LogP contribution in [0.15, 0.2) is 17.7 Å². The first-order chi connectivity index (χ1) is 21.4. The molecule has 0 unspecified atom stereocenters.